The lowest BCUT2D eigenvalue weighted by Gasteiger charge is -2.12. The number of nitrogens with zero attached hydrogens (tertiary/aromatic N) is 4. The fourth-order valence-electron chi connectivity index (χ4n) is 8.15. The molecule has 0 atom stereocenters. The van der Waals surface area contributed by atoms with Crippen molar-refractivity contribution in [1.29, 1.82) is 0 Å². The highest BCUT2D eigenvalue weighted by atomic mass is 15.2. The summed E-state index contributed by atoms with van der Waals surface area (Å²) in [6.07, 6.45) is 0. The zero-order valence-electron chi connectivity index (χ0n) is 25.8. The second-order valence-corrected chi connectivity index (χ2v) is 12.6. The minimum absolute atomic E-state index is 0.670. The van der Waals surface area contributed by atoms with Crippen LogP contribution in [0.15, 0.2) is 158 Å². The van der Waals surface area contributed by atoms with E-state index in [0.29, 0.717) is 5.95 Å². The molecule has 0 aliphatic rings. The number of aromatic nitrogens is 4. The van der Waals surface area contributed by atoms with Gasteiger partial charge in [-0.25, -0.2) is 9.97 Å². The number of rotatable bonds is 3. The van der Waals surface area contributed by atoms with Gasteiger partial charge in [-0.2, -0.15) is 0 Å². The molecule has 0 saturated carbocycles. The maximum absolute atomic E-state index is 5.37. The molecule has 0 aliphatic carbocycles. The van der Waals surface area contributed by atoms with E-state index < -0.39 is 0 Å². The molecule has 3 heterocycles. The molecule has 0 N–H and O–H groups in total. The third-order valence-corrected chi connectivity index (χ3v) is 10.1. The third kappa shape index (κ3) is 3.33. The molecule has 11 aromatic rings. The van der Waals surface area contributed by atoms with Crippen molar-refractivity contribution in [3.63, 3.8) is 0 Å². The van der Waals surface area contributed by atoms with Gasteiger partial charge < -0.3 is 4.57 Å². The Hall–Kier alpha value is -6.52. The van der Waals surface area contributed by atoms with Crippen molar-refractivity contribution in [3.8, 4) is 22.9 Å². The Morgan fingerprint density at radius 1 is 0.333 bits per heavy atom. The second kappa shape index (κ2) is 9.50. The maximum atomic E-state index is 5.37. The highest BCUT2D eigenvalue weighted by molar-refractivity contribution is 6.39. The summed E-state index contributed by atoms with van der Waals surface area (Å²) in [5.41, 5.74) is 8.66. The summed E-state index contributed by atoms with van der Waals surface area (Å²) in [7, 11) is 0. The van der Waals surface area contributed by atoms with Crippen molar-refractivity contribution in [3.05, 3.63) is 158 Å². The van der Waals surface area contributed by atoms with E-state index in [1.54, 1.807) is 0 Å². The summed E-state index contributed by atoms with van der Waals surface area (Å²) in [5, 5.41) is 11.0. The van der Waals surface area contributed by atoms with Crippen LogP contribution in [-0.4, -0.2) is 19.1 Å². The van der Waals surface area contributed by atoms with Gasteiger partial charge in [0.15, 0.2) is 0 Å². The molecule has 11 rings (SSSR count). The molecule has 48 heavy (non-hydrogen) atoms. The van der Waals surface area contributed by atoms with E-state index >= 15 is 0 Å². The van der Waals surface area contributed by atoms with Gasteiger partial charge in [0, 0.05) is 38.2 Å². The normalized spacial score (nSPS) is 12.2. The maximum Gasteiger partial charge on any atom is 0.235 e. The van der Waals surface area contributed by atoms with Gasteiger partial charge in [0.1, 0.15) is 0 Å². The van der Waals surface area contributed by atoms with Crippen molar-refractivity contribution >= 4 is 76.1 Å². The minimum atomic E-state index is 0.670. The van der Waals surface area contributed by atoms with Crippen LogP contribution in [0.2, 0.25) is 0 Å². The minimum Gasteiger partial charge on any atom is -0.309 e. The monoisotopic (exact) mass is 610 g/mol. The van der Waals surface area contributed by atoms with Crippen molar-refractivity contribution in [2.75, 3.05) is 0 Å². The van der Waals surface area contributed by atoms with E-state index in [4.69, 9.17) is 9.97 Å². The summed E-state index contributed by atoms with van der Waals surface area (Å²) >= 11 is 0. The van der Waals surface area contributed by atoms with Crippen molar-refractivity contribution in [2.24, 2.45) is 0 Å². The average Bonchev–Trinajstić information content (AvgIpc) is 3.67. The molecule has 3 aromatic heterocycles. The van der Waals surface area contributed by atoms with Gasteiger partial charge in [0.2, 0.25) is 5.95 Å². The molecule has 0 bridgehead atoms. The van der Waals surface area contributed by atoms with E-state index in [-0.39, 0.29) is 0 Å². The lowest BCUT2D eigenvalue weighted by molar-refractivity contribution is 1.01. The van der Waals surface area contributed by atoms with Gasteiger partial charge in [0.25, 0.3) is 0 Å². The Balaban J connectivity index is 1.40. The second-order valence-electron chi connectivity index (χ2n) is 12.6. The standard InChI is InChI=1S/C44H26N4/c1-3-13-27(14-4-1)43-33-19-9-10-22-34(33)45-44(46-43)48-36-24-12-21-32-30-18-8-7-17-29(30)31-20-11-23-35-39(31)41-37(25-26-38(48)42(41)40(32)36)47(35)28-15-5-2-6-16-28/h1-26H. The van der Waals surface area contributed by atoms with Gasteiger partial charge in [-0.3, -0.25) is 4.57 Å². The number of fused-ring (bicyclic) bond motifs is 4. The van der Waals surface area contributed by atoms with E-state index in [9.17, 15) is 0 Å². The summed E-state index contributed by atoms with van der Waals surface area (Å²) in [6.45, 7) is 0. The predicted octanol–water partition coefficient (Wildman–Crippen LogP) is 11.2. The zero-order valence-corrected chi connectivity index (χ0v) is 25.8. The van der Waals surface area contributed by atoms with E-state index in [1.807, 2.05) is 6.07 Å². The molecule has 222 valence electrons. The fourth-order valence-corrected chi connectivity index (χ4v) is 8.15. The molecule has 0 unspecified atom stereocenters. The molecule has 4 nitrogen and oxygen atoms in total. The Morgan fingerprint density at radius 3 is 1.50 bits per heavy atom. The molecular formula is C44H26N4. The summed E-state index contributed by atoms with van der Waals surface area (Å²) in [6, 6.07) is 56.4. The van der Waals surface area contributed by atoms with Gasteiger partial charge in [-0.15, -0.1) is 0 Å². The van der Waals surface area contributed by atoms with Crippen molar-refractivity contribution in [1.82, 2.24) is 19.1 Å². The van der Waals surface area contributed by atoms with E-state index in [0.717, 1.165) is 38.9 Å². The molecule has 0 radical (unpaired) electrons. The van der Waals surface area contributed by atoms with Crippen LogP contribution in [0, 0.1) is 0 Å². The van der Waals surface area contributed by atoms with E-state index in [2.05, 4.69) is 161 Å². The molecule has 0 amide bonds. The van der Waals surface area contributed by atoms with Crippen LogP contribution < -0.4 is 0 Å². The summed E-state index contributed by atoms with van der Waals surface area (Å²) < 4.78 is 4.71. The Labute approximate surface area is 275 Å². The van der Waals surface area contributed by atoms with Gasteiger partial charge in [-0.05, 0) is 64.0 Å². The van der Waals surface area contributed by atoms with Gasteiger partial charge in [-0.1, -0.05) is 115 Å². The van der Waals surface area contributed by atoms with Gasteiger partial charge in [0.05, 0.1) is 33.3 Å². The highest BCUT2D eigenvalue weighted by Crippen LogP contribution is 2.47. The third-order valence-electron chi connectivity index (χ3n) is 10.1. The lowest BCUT2D eigenvalue weighted by Crippen LogP contribution is -2.03. The van der Waals surface area contributed by atoms with Crippen molar-refractivity contribution in [2.45, 2.75) is 0 Å². The summed E-state index contributed by atoms with van der Waals surface area (Å²) in [5.74, 6) is 0.670. The number of benzene rings is 7. The molecule has 0 spiro atoms. The molecule has 4 heteroatoms. The lowest BCUT2D eigenvalue weighted by atomic mass is 9.95. The summed E-state index contributed by atoms with van der Waals surface area (Å²) in [4.78, 5) is 10.6. The first-order valence-corrected chi connectivity index (χ1v) is 16.4. The smallest absolute Gasteiger partial charge is 0.235 e. The first-order chi connectivity index (χ1) is 23.8. The van der Waals surface area contributed by atoms with Crippen LogP contribution in [0.3, 0.4) is 0 Å². The number of hydrogen-bond acceptors (Lipinski definition) is 2. The predicted molar refractivity (Wildman–Crippen MR) is 200 cm³/mol. The Bertz CT molecular complexity index is 3040. The van der Waals surface area contributed by atoms with Crippen LogP contribution in [-0.2, 0) is 0 Å². The molecule has 8 aromatic carbocycles. The molecule has 0 aliphatic heterocycles. The SMILES string of the molecule is c1ccc(-c2nc(-n3c4cccc5c6ccccc6c6cccc7c6c6c(c54)c3ccc6n7-c3ccccc3)nc3ccccc23)cc1. The number of hydrogen-bond donors (Lipinski definition) is 0. The highest BCUT2D eigenvalue weighted by Gasteiger charge is 2.25. The van der Waals surface area contributed by atoms with Crippen LogP contribution in [0.1, 0.15) is 0 Å². The molecule has 0 saturated heterocycles. The Kier molecular flexibility index (Phi) is 5.08. The van der Waals surface area contributed by atoms with Crippen LogP contribution in [0.5, 0.6) is 0 Å². The largest absolute Gasteiger partial charge is 0.309 e. The first kappa shape index (κ1) is 25.6. The first-order valence-electron chi connectivity index (χ1n) is 16.4. The van der Waals surface area contributed by atoms with E-state index in [1.165, 1.54) is 54.1 Å². The van der Waals surface area contributed by atoms with Crippen LogP contribution >= 0.6 is 0 Å². The fraction of sp³-hybridized carbons (Fsp3) is 0. The van der Waals surface area contributed by atoms with Crippen LogP contribution in [0.25, 0.3) is 99.0 Å². The Morgan fingerprint density at radius 2 is 0.833 bits per heavy atom. The molecular weight excluding hydrogens is 585 g/mol. The topological polar surface area (TPSA) is 35.6 Å². The van der Waals surface area contributed by atoms with Gasteiger partial charge >= 0.3 is 0 Å². The van der Waals surface area contributed by atoms with Crippen molar-refractivity contribution < 1.29 is 0 Å². The molecule has 0 fully saturated rings. The zero-order chi connectivity index (χ0) is 31.3. The quantitative estimate of drug-likeness (QED) is 0.199. The van der Waals surface area contributed by atoms with Crippen LogP contribution in [0.4, 0.5) is 0 Å². The number of para-hydroxylation sites is 2. The average molecular weight is 611 g/mol.